The van der Waals surface area contributed by atoms with Crippen molar-refractivity contribution in [2.24, 2.45) is 0 Å². The van der Waals surface area contributed by atoms with E-state index >= 15 is 0 Å². The Labute approximate surface area is 187 Å². The number of carbonyl (C=O) groups excluding carboxylic acids is 1. The summed E-state index contributed by atoms with van der Waals surface area (Å²) in [6, 6.07) is 20.5. The number of carbonyl (C=O) groups is 2. The van der Waals surface area contributed by atoms with Gasteiger partial charge in [-0.15, -0.1) is 0 Å². The fourth-order valence-corrected chi connectivity index (χ4v) is 2.92. The smallest absolute Gasteiger partial charge is 0.415 e. The first-order chi connectivity index (χ1) is 15.2. The number of hydrogen-bond donors (Lipinski definition) is 1. The summed E-state index contributed by atoms with van der Waals surface area (Å²) in [6.45, 7) is 5.12. The molecule has 0 unspecified atom stereocenters. The second-order valence-corrected chi connectivity index (χ2v) is 8.16. The highest BCUT2D eigenvalue weighted by atomic mass is 16.6. The number of anilines is 1. The molecule has 0 radical (unpaired) electrons. The maximum Gasteiger partial charge on any atom is 0.415 e. The number of carboxylic acids is 1. The molecule has 3 rings (SSSR count). The van der Waals surface area contributed by atoms with Gasteiger partial charge in [0.1, 0.15) is 24.5 Å². The van der Waals surface area contributed by atoms with Gasteiger partial charge in [-0.1, -0.05) is 30.3 Å². The average molecular weight is 434 g/mol. The third-order valence-corrected chi connectivity index (χ3v) is 4.36. The first-order valence-electron chi connectivity index (χ1n) is 10.2. The molecule has 0 aliphatic heterocycles. The summed E-state index contributed by atoms with van der Waals surface area (Å²) in [7, 11) is 0. The lowest BCUT2D eigenvalue weighted by Crippen LogP contribution is -2.40. The van der Waals surface area contributed by atoms with Crippen LogP contribution in [0.4, 0.5) is 10.5 Å². The zero-order valence-electron chi connectivity index (χ0n) is 18.3. The van der Waals surface area contributed by atoms with Crippen LogP contribution in [0.1, 0.15) is 26.3 Å². The number of rotatable bonds is 7. The molecular weight excluding hydrogens is 408 g/mol. The highest BCUT2D eigenvalue weighted by Gasteiger charge is 2.25. The Morgan fingerprint density at radius 1 is 1.00 bits per heavy atom. The molecule has 0 spiro atoms. The Hall–Kier alpha value is -3.87. The molecule has 3 aromatic rings. The van der Waals surface area contributed by atoms with E-state index in [0.717, 1.165) is 21.8 Å². The Balaban J connectivity index is 1.77. The molecule has 1 heterocycles. The topological polar surface area (TPSA) is 89.0 Å². The van der Waals surface area contributed by atoms with Gasteiger partial charge in [0.05, 0.1) is 11.4 Å². The standard InChI is InChI=1S/C25H26N2O5/c1-25(2,3)32-24(30)27(16-23(28)29)20-13-14-26-22(15-20)19-9-11-21(12-10-19)31-17-18-7-5-4-6-8-18/h4-15H,16-17H2,1-3H3,(H,28,29). The second-order valence-electron chi connectivity index (χ2n) is 8.16. The van der Waals surface area contributed by atoms with Crippen molar-refractivity contribution in [3.05, 3.63) is 78.5 Å². The molecule has 1 aromatic heterocycles. The minimum atomic E-state index is -1.14. The molecule has 7 heteroatoms. The molecule has 0 aliphatic carbocycles. The molecule has 1 N–H and O–H groups in total. The normalized spacial score (nSPS) is 11.0. The van der Waals surface area contributed by atoms with Gasteiger partial charge in [-0.05, 0) is 62.7 Å². The van der Waals surface area contributed by atoms with Gasteiger partial charge >= 0.3 is 12.1 Å². The van der Waals surface area contributed by atoms with Gasteiger partial charge in [-0.25, -0.2) is 4.79 Å². The number of carboxylic acid groups (broad SMARTS) is 1. The second kappa shape index (κ2) is 9.96. The number of ether oxygens (including phenoxy) is 2. The number of hydrogen-bond acceptors (Lipinski definition) is 5. The summed E-state index contributed by atoms with van der Waals surface area (Å²) < 4.78 is 11.2. The molecule has 166 valence electrons. The van der Waals surface area contributed by atoms with E-state index in [1.165, 1.54) is 6.20 Å². The predicted octanol–water partition coefficient (Wildman–Crippen LogP) is 5.15. The van der Waals surface area contributed by atoms with E-state index in [0.29, 0.717) is 18.0 Å². The van der Waals surface area contributed by atoms with Crippen LogP contribution in [0.25, 0.3) is 11.3 Å². The first-order valence-corrected chi connectivity index (χ1v) is 10.2. The lowest BCUT2D eigenvalue weighted by molar-refractivity contribution is -0.135. The van der Waals surface area contributed by atoms with Crippen LogP contribution in [0.2, 0.25) is 0 Å². The van der Waals surface area contributed by atoms with Crippen LogP contribution >= 0.6 is 0 Å². The summed E-state index contributed by atoms with van der Waals surface area (Å²) in [5.74, 6) is -0.427. The van der Waals surface area contributed by atoms with Crippen LogP contribution in [0.3, 0.4) is 0 Å². The molecule has 0 aliphatic rings. The molecule has 32 heavy (non-hydrogen) atoms. The van der Waals surface area contributed by atoms with Gasteiger partial charge in [0.25, 0.3) is 0 Å². The van der Waals surface area contributed by atoms with Crippen molar-refractivity contribution in [2.75, 3.05) is 11.4 Å². The van der Waals surface area contributed by atoms with Crippen LogP contribution in [-0.2, 0) is 16.1 Å². The molecule has 2 aromatic carbocycles. The molecule has 1 amide bonds. The summed E-state index contributed by atoms with van der Waals surface area (Å²) >= 11 is 0. The van der Waals surface area contributed by atoms with Crippen molar-refractivity contribution in [1.29, 1.82) is 0 Å². The van der Waals surface area contributed by atoms with Crippen molar-refractivity contribution < 1.29 is 24.2 Å². The SMILES string of the molecule is CC(C)(C)OC(=O)N(CC(=O)O)c1ccnc(-c2ccc(OCc3ccccc3)cc2)c1. The van der Waals surface area contributed by atoms with Crippen molar-refractivity contribution in [1.82, 2.24) is 4.98 Å². The van der Waals surface area contributed by atoms with Crippen molar-refractivity contribution >= 4 is 17.7 Å². The zero-order valence-corrected chi connectivity index (χ0v) is 18.3. The third kappa shape index (κ3) is 6.57. The van der Waals surface area contributed by atoms with E-state index in [-0.39, 0.29) is 0 Å². The van der Waals surface area contributed by atoms with E-state index in [2.05, 4.69) is 4.98 Å². The number of pyridine rings is 1. The lowest BCUT2D eigenvalue weighted by atomic mass is 10.1. The Bertz CT molecular complexity index is 1060. The van der Waals surface area contributed by atoms with Crippen LogP contribution in [0.5, 0.6) is 5.75 Å². The number of aliphatic carboxylic acids is 1. The molecule has 0 fully saturated rings. The number of nitrogens with zero attached hydrogens (tertiary/aromatic N) is 2. The van der Waals surface area contributed by atoms with E-state index in [4.69, 9.17) is 9.47 Å². The van der Waals surface area contributed by atoms with Crippen LogP contribution in [0.15, 0.2) is 72.9 Å². The summed E-state index contributed by atoms with van der Waals surface area (Å²) in [5, 5.41) is 9.26. The van der Waals surface area contributed by atoms with Crippen molar-refractivity contribution in [2.45, 2.75) is 33.0 Å². The number of amides is 1. The highest BCUT2D eigenvalue weighted by Crippen LogP contribution is 2.26. The van der Waals surface area contributed by atoms with Gasteiger partial charge in [0.2, 0.25) is 0 Å². The average Bonchev–Trinajstić information content (AvgIpc) is 2.76. The van der Waals surface area contributed by atoms with E-state index in [1.54, 1.807) is 32.9 Å². The molecule has 7 nitrogen and oxygen atoms in total. The first kappa shape index (κ1) is 22.8. The van der Waals surface area contributed by atoms with Crippen LogP contribution < -0.4 is 9.64 Å². The molecular formula is C25H26N2O5. The summed E-state index contributed by atoms with van der Waals surface area (Å²) in [4.78, 5) is 29.4. The quantitative estimate of drug-likeness (QED) is 0.553. The Morgan fingerprint density at radius 3 is 2.31 bits per heavy atom. The fraction of sp³-hybridized carbons (Fsp3) is 0.240. The van der Waals surface area contributed by atoms with Gasteiger partial charge < -0.3 is 14.6 Å². The summed E-state index contributed by atoms with van der Waals surface area (Å²) in [5.41, 5.74) is 2.11. The molecule has 0 saturated carbocycles. The zero-order chi connectivity index (χ0) is 23.1. The fourth-order valence-electron chi connectivity index (χ4n) is 2.92. The Morgan fingerprint density at radius 2 is 1.69 bits per heavy atom. The minimum Gasteiger partial charge on any atom is -0.489 e. The van der Waals surface area contributed by atoms with Crippen LogP contribution in [-0.4, -0.2) is 34.3 Å². The molecule has 0 bridgehead atoms. The van der Waals surface area contributed by atoms with E-state index in [1.807, 2.05) is 54.6 Å². The van der Waals surface area contributed by atoms with Gasteiger partial charge in [0.15, 0.2) is 0 Å². The van der Waals surface area contributed by atoms with Crippen LogP contribution in [0, 0.1) is 0 Å². The maximum absolute atomic E-state index is 12.6. The minimum absolute atomic E-state index is 0.385. The Kier molecular flexibility index (Phi) is 7.10. The van der Waals surface area contributed by atoms with Gasteiger partial charge in [-0.2, -0.15) is 0 Å². The highest BCUT2D eigenvalue weighted by molar-refractivity contribution is 5.93. The van der Waals surface area contributed by atoms with Crippen molar-refractivity contribution in [3.63, 3.8) is 0 Å². The van der Waals surface area contributed by atoms with Crippen molar-refractivity contribution in [3.8, 4) is 17.0 Å². The maximum atomic E-state index is 12.6. The number of aromatic nitrogens is 1. The lowest BCUT2D eigenvalue weighted by Gasteiger charge is -2.26. The van der Waals surface area contributed by atoms with Gasteiger partial charge in [-0.3, -0.25) is 14.7 Å². The molecule has 0 saturated heterocycles. The van der Waals surface area contributed by atoms with Gasteiger partial charge in [0, 0.05) is 11.8 Å². The van der Waals surface area contributed by atoms with E-state index in [9.17, 15) is 14.7 Å². The largest absolute Gasteiger partial charge is 0.489 e. The van der Waals surface area contributed by atoms with E-state index < -0.39 is 24.2 Å². The predicted molar refractivity (Wildman–Crippen MR) is 122 cm³/mol. The molecule has 0 atom stereocenters. The monoisotopic (exact) mass is 434 g/mol. The third-order valence-electron chi connectivity index (χ3n) is 4.36. The summed E-state index contributed by atoms with van der Waals surface area (Å²) in [6.07, 6.45) is 0.797. The number of benzene rings is 2.